The zero-order valence-corrected chi connectivity index (χ0v) is 15.9. The van der Waals surface area contributed by atoms with Crippen LogP contribution in [0.3, 0.4) is 0 Å². The topological polar surface area (TPSA) is 55.8 Å². The van der Waals surface area contributed by atoms with Crippen LogP contribution >= 0.6 is 0 Å². The third kappa shape index (κ3) is 3.83. The summed E-state index contributed by atoms with van der Waals surface area (Å²) in [6.45, 7) is 9.64. The van der Waals surface area contributed by atoms with E-state index in [-0.39, 0.29) is 24.0 Å². The van der Waals surface area contributed by atoms with Crippen LogP contribution in [-0.4, -0.2) is 36.0 Å². The highest BCUT2D eigenvalue weighted by molar-refractivity contribution is 6.13. The van der Waals surface area contributed by atoms with Crippen molar-refractivity contribution < 1.29 is 19.1 Å². The molecule has 0 spiro atoms. The molecule has 0 N–H and O–H groups in total. The molecule has 0 fully saturated rings. The molecule has 1 aliphatic heterocycles. The number of benzene rings is 1. The average molecular weight is 357 g/mol. The zero-order valence-electron chi connectivity index (χ0n) is 15.9. The van der Waals surface area contributed by atoms with Gasteiger partial charge in [0, 0.05) is 25.2 Å². The van der Waals surface area contributed by atoms with E-state index in [1.807, 2.05) is 18.2 Å². The van der Waals surface area contributed by atoms with Gasteiger partial charge in [-0.1, -0.05) is 33.8 Å². The van der Waals surface area contributed by atoms with Crippen molar-refractivity contribution in [1.29, 1.82) is 0 Å². The minimum absolute atomic E-state index is 0.222. The summed E-state index contributed by atoms with van der Waals surface area (Å²) >= 11 is 0. The highest BCUT2D eigenvalue weighted by Gasteiger charge is 2.43. The van der Waals surface area contributed by atoms with Gasteiger partial charge in [-0.05, 0) is 35.1 Å². The molecule has 0 saturated carbocycles. The van der Waals surface area contributed by atoms with E-state index in [4.69, 9.17) is 9.47 Å². The van der Waals surface area contributed by atoms with E-state index in [0.717, 1.165) is 16.9 Å². The minimum atomic E-state index is -0.377. The molecule has 0 bridgehead atoms. The van der Waals surface area contributed by atoms with E-state index in [1.54, 1.807) is 0 Å². The number of amides is 2. The fraction of sp³-hybridized carbons (Fsp3) is 0.524. The normalized spacial score (nSPS) is 22.0. The van der Waals surface area contributed by atoms with Gasteiger partial charge in [0.2, 0.25) is 0 Å². The maximum absolute atomic E-state index is 12.2. The quantitative estimate of drug-likeness (QED) is 0.703. The first-order valence-corrected chi connectivity index (χ1v) is 9.29. The average Bonchev–Trinajstić information content (AvgIpc) is 3.09. The molecule has 2 amide bonds. The van der Waals surface area contributed by atoms with Crippen molar-refractivity contribution in [1.82, 2.24) is 4.90 Å². The Kier molecular flexibility index (Phi) is 5.47. The smallest absolute Gasteiger partial charge is 0.254 e. The van der Waals surface area contributed by atoms with Crippen LogP contribution in [-0.2, 0) is 20.7 Å². The molecule has 1 aliphatic carbocycles. The molecule has 0 aromatic heterocycles. The second-order valence-electron chi connectivity index (χ2n) is 7.86. The van der Waals surface area contributed by atoms with Crippen LogP contribution in [0.4, 0.5) is 0 Å². The van der Waals surface area contributed by atoms with E-state index < -0.39 is 0 Å². The Morgan fingerprint density at radius 3 is 2.31 bits per heavy atom. The Morgan fingerprint density at radius 2 is 1.69 bits per heavy atom. The Labute approximate surface area is 155 Å². The van der Waals surface area contributed by atoms with Crippen molar-refractivity contribution in [2.24, 2.45) is 11.8 Å². The molecule has 5 nitrogen and oxygen atoms in total. The summed E-state index contributed by atoms with van der Waals surface area (Å²) in [6, 6.07) is 5.52. The van der Waals surface area contributed by atoms with Gasteiger partial charge in [-0.25, -0.2) is 0 Å². The van der Waals surface area contributed by atoms with Crippen molar-refractivity contribution in [3.05, 3.63) is 41.5 Å². The van der Waals surface area contributed by atoms with E-state index in [1.165, 1.54) is 17.1 Å². The van der Waals surface area contributed by atoms with Crippen molar-refractivity contribution in [3.63, 3.8) is 0 Å². The predicted molar refractivity (Wildman–Crippen MR) is 98.8 cm³/mol. The second-order valence-corrected chi connectivity index (χ2v) is 7.86. The standard InChI is InChI=1S/C21H27NO4/c1-13(2)11-25-16-5-6-17-15(9-16)10-18(26-12-14(3)4)21(17)22-19(23)7-8-20(22)24/h5-9,13-14,18,21H,10-12H2,1-4H3/t18-,21-/m0/s1. The molecule has 0 unspecified atom stereocenters. The van der Waals surface area contributed by atoms with Gasteiger partial charge in [0.25, 0.3) is 11.8 Å². The maximum Gasteiger partial charge on any atom is 0.254 e. The second kappa shape index (κ2) is 7.62. The van der Waals surface area contributed by atoms with Crippen molar-refractivity contribution in [3.8, 4) is 5.75 Å². The summed E-state index contributed by atoms with van der Waals surface area (Å²) in [5.74, 6) is 1.10. The summed E-state index contributed by atoms with van der Waals surface area (Å²) in [4.78, 5) is 25.8. The summed E-state index contributed by atoms with van der Waals surface area (Å²) < 4.78 is 11.9. The van der Waals surface area contributed by atoms with Gasteiger partial charge in [0.1, 0.15) is 5.75 Å². The highest BCUT2D eigenvalue weighted by Crippen LogP contribution is 2.40. The lowest BCUT2D eigenvalue weighted by Gasteiger charge is -2.29. The molecule has 0 saturated heterocycles. The number of ether oxygens (including phenoxy) is 2. The molecule has 26 heavy (non-hydrogen) atoms. The fourth-order valence-electron chi connectivity index (χ4n) is 3.39. The van der Waals surface area contributed by atoms with Gasteiger partial charge in [0.05, 0.1) is 18.8 Å². The highest BCUT2D eigenvalue weighted by atomic mass is 16.5. The van der Waals surface area contributed by atoms with Crippen LogP contribution in [0.1, 0.15) is 44.9 Å². The molecule has 1 aromatic rings. The van der Waals surface area contributed by atoms with Gasteiger partial charge < -0.3 is 9.47 Å². The fourth-order valence-corrected chi connectivity index (χ4v) is 3.39. The summed E-state index contributed by atoms with van der Waals surface area (Å²) in [5.41, 5.74) is 2.05. The first-order chi connectivity index (χ1) is 12.4. The van der Waals surface area contributed by atoms with E-state index in [0.29, 0.717) is 31.5 Å². The first-order valence-electron chi connectivity index (χ1n) is 9.29. The maximum atomic E-state index is 12.2. The number of fused-ring (bicyclic) bond motifs is 1. The molecule has 140 valence electrons. The van der Waals surface area contributed by atoms with E-state index in [9.17, 15) is 9.59 Å². The number of hydrogen-bond donors (Lipinski definition) is 0. The van der Waals surface area contributed by atoms with E-state index in [2.05, 4.69) is 27.7 Å². The molecule has 5 heteroatoms. The molecule has 2 aliphatic rings. The van der Waals surface area contributed by atoms with Crippen LogP contribution in [0.25, 0.3) is 0 Å². The molecule has 2 atom stereocenters. The number of hydrogen-bond acceptors (Lipinski definition) is 4. The largest absolute Gasteiger partial charge is 0.493 e. The monoisotopic (exact) mass is 357 g/mol. The molecule has 0 radical (unpaired) electrons. The Hall–Kier alpha value is -2.14. The molecule has 1 aromatic carbocycles. The first kappa shape index (κ1) is 18.6. The van der Waals surface area contributed by atoms with E-state index >= 15 is 0 Å². The van der Waals surface area contributed by atoms with Crippen LogP contribution in [0, 0.1) is 11.8 Å². The third-order valence-electron chi connectivity index (χ3n) is 4.55. The third-order valence-corrected chi connectivity index (χ3v) is 4.55. The lowest BCUT2D eigenvalue weighted by molar-refractivity contribution is -0.143. The SMILES string of the molecule is CC(C)COc1ccc2c(c1)C[C@H](OCC(C)C)[C@H]2N1C(=O)C=CC1=O. The Balaban J connectivity index is 1.87. The number of nitrogens with zero attached hydrogens (tertiary/aromatic N) is 1. The number of imide groups is 1. The lowest BCUT2D eigenvalue weighted by atomic mass is 10.1. The van der Waals surface area contributed by atoms with Gasteiger partial charge in [-0.15, -0.1) is 0 Å². The van der Waals surface area contributed by atoms with Crippen LogP contribution < -0.4 is 4.74 Å². The molecular formula is C21H27NO4. The van der Waals surface area contributed by atoms with Gasteiger partial charge in [-0.2, -0.15) is 0 Å². The molecular weight excluding hydrogens is 330 g/mol. The zero-order chi connectivity index (χ0) is 18.8. The predicted octanol–water partition coefficient (Wildman–Crippen LogP) is 3.28. The number of rotatable bonds is 7. The minimum Gasteiger partial charge on any atom is -0.493 e. The van der Waals surface area contributed by atoms with Gasteiger partial charge in [-0.3, -0.25) is 14.5 Å². The summed E-state index contributed by atoms with van der Waals surface area (Å²) in [5, 5.41) is 0. The Morgan fingerprint density at radius 1 is 1.04 bits per heavy atom. The van der Waals surface area contributed by atoms with Crippen LogP contribution in [0.15, 0.2) is 30.4 Å². The number of carbonyl (C=O) groups excluding carboxylic acids is 2. The Bertz CT molecular complexity index is 705. The van der Waals surface area contributed by atoms with Crippen molar-refractivity contribution >= 4 is 11.8 Å². The van der Waals surface area contributed by atoms with Gasteiger partial charge in [0.15, 0.2) is 0 Å². The summed E-state index contributed by atoms with van der Waals surface area (Å²) in [7, 11) is 0. The van der Waals surface area contributed by atoms with Gasteiger partial charge >= 0.3 is 0 Å². The van der Waals surface area contributed by atoms with Crippen molar-refractivity contribution in [2.75, 3.05) is 13.2 Å². The van der Waals surface area contributed by atoms with Crippen LogP contribution in [0.5, 0.6) is 5.75 Å². The lowest BCUT2D eigenvalue weighted by Crippen LogP contribution is -2.40. The molecule has 1 heterocycles. The summed E-state index contributed by atoms with van der Waals surface area (Å²) in [6.07, 6.45) is 3.11. The molecule has 3 rings (SSSR count). The number of carbonyl (C=O) groups is 2. The van der Waals surface area contributed by atoms with Crippen LogP contribution in [0.2, 0.25) is 0 Å². The van der Waals surface area contributed by atoms with Crippen molar-refractivity contribution in [2.45, 2.75) is 46.3 Å².